The molecule has 1 fully saturated rings. The predicted molar refractivity (Wildman–Crippen MR) is 140 cm³/mol. The molecule has 1 aliphatic heterocycles. The third-order valence-electron chi connectivity index (χ3n) is 5.68. The molecule has 0 radical (unpaired) electrons. The zero-order valence-corrected chi connectivity index (χ0v) is 20.7. The maximum Gasteiger partial charge on any atom is 0.286 e. The van der Waals surface area contributed by atoms with Gasteiger partial charge in [0.2, 0.25) is 5.91 Å². The van der Waals surface area contributed by atoms with E-state index in [2.05, 4.69) is 12.2 Å². The Kier molecular flexibility index (Phi) is 8.03. The third kappa shape index (κ3) is 6.19. The molecular formula is C27H28BNO5S. The minimum absolute atomic E-state index is 0.305. The fourth-order valence-corrected chi connectivity index (χ4v) is 4.73. The summed E-state index contributed by atoms with van der Waals surface area (Å²) in [6, 6.07) is 23.0. The normalized spacial score (nSPS) is 17.2. The second-order valence-electron chi connectivity index (χ2n) is 8.39. The molecule has 8 heteroatoms. The number of amides is 2. The molecule has 0 aliphatic carbocycles. The number of hydrogen-bond donors (Lipinski definition) is 1. The molecule has 35 heavy (non-hydrogen) atoms. The summed E-state index contributed by atoms with van der Waals surface area (Å²) in [5.74, 6) is 2.81. The van der Waals surface area contributed by atoms with Crippen molar-refractivity contribution in [3.05, 3.63) is 83.9 Å². The monoisotopic (exact) mass is 489 g/mol. The molecule has 0 aromatic heterocycles. The van der Waals surface area contributed by atoms with Crippen molar-refractivity contribution in [2.45, 2.75) is 30.8 Å². The number of thioether (sulfide) groups is 1. The maximum absolute atomic E-state index is 12.2. The van der Waals surface area contributed by atoms with Gasteiger partial charge in [0.25, 0.3) is 5.24 Å². The van der Waals surface area contributed by atoms with Crippen molar-refractivity contribution < 1.29 is 23.8 Å². The van der Waals surface area contributed by atoms with Crippen molar-refractivity contribution in [3.8, 4) is 23.0 Å². The highest BCUT2D eigenvalue weighted by Gasteiger charge is 2.45. The van der Waals surface area contributed by atoms with E-state index in [9.17, 15) is 9.59 Å². The van der Waals surface area contributed by atoms with Crippen LogP contribution in [-0.2, 0) is 15.9 Å². The molecule has 1 N–H and O–H groups in total. The number of benzene rings is 3. The van der Waals surface area contributed by atoms with E-state index in [0.717, 1.165) is 53.0 Å². The fourth-order valence-electron chi connectivity index (χ4n) is 3.82. The summed E-state index contributed by atoms with van der Waals surface area (Å²) in [5, 5.41) is 2.02. The molecule has 3 aromatic carbocycles. The lowest BCUT2D eigenvalue weighted by Crippen LogP contribution is -2.34. The van der Waals surface area contributed by atoms with Crippen molar-refractivity contribution in [2.24, 2.45) is 0 Å². The molecule has 0 bridgehead atoms. The quantitative estimate of drug-likeness (QED) is 0.300. The van der Waals surface area contributed by atoms with E-state index in [-0.39, 0.29) is 11.1 Å². The van der Waals surface area contributed by atoms with Crippen LogP contribution in [0.3, 0.4) is 0 Å². The summed E-state index contributed by atoms with van der Waals surface area (Å²) < 4.78 is 17.0. The van der Waals surface area contributed by atoms with E-state index in [1.807, 2.05) is 72.8 Å². The first-order valence-corrected chi connectivity index (χ1v) is 12.6. The molecule has 1 aliphatic rings. The van der Waals surface area contributed by atoms with Gasteiger partial charge in [-0.15, -0.1) is 0 Å². The number of para-hydroxylation sites is 1. The number of aryl methyl sites for hydroxylation is 1. The van der Waals surface area contributed by atoms with E-state index in [0.29, 0.717) is 25.4 Å². The lowest BCUT2D eigenvalue weighted by atomic mass is 9.79. The van der Waals surface area contributed by atoms with Crippen LogP contribution in [0.2, 0.25) is 0 Å². The third-order valence-corrected chi connectivity index (χ3v) is 6.79. The summed E-state index contributed by atoms with van der Waals surface area (Å²) >= 11 is 0.990. The SMILES string of the molecule is B[C@@]1(c2cccc(OCCCOc3ccc(Oc4ccccc4)cc3CCC)c2)SC(=O)NC1=O. The van der Waals surface area contributed by atoms with Crippen molar-refractivity contribution in [3.63, 3.8) is 0 Å². The molecule has 180 valence electrons. The molecule has 1 heterocycles. The van der Waals surface area contributed by atoms with Gasteiger partial charge >= 0.3 is 0 Å². The average Bonchev–Trinajstić information content (AvgIpc) is 3.13. The molecule has 0 spiro atoms. The van der Waals surface area contributed by atoms with E-state index in [1.165, 1.54) is 0 Å². The number of rotatable bonds is 11. The minimum atomic E-state index is -0.939. The number of nitrogens with one attached hydrogen (secondary N) is 1. The van der Waals surface area contributed by atoms with E-state index < -0.39 is 4.65 Å². The van der Waals surface area contributed by atoms with Crippen LogP contribution in [0.1, 0.15) is 30.9 Å². The highest BCUT2D eigenvalue weighted by molar-refractivity contribution is 8.16. The van der Waals surface area contributed by atoms with Gasteiger partial charge in [-0.1, -0.05) is 55.4 Å². The average molecular weight is 489 g/mol. The van der Waals surface area contributed by atoms with Gasteiger partial charge in [0, 0.05) is 6.42 Å². The fraction of sp³-hybridized carbons (Fsp3) is 0.259. The highest BCUT2D eigenvalue weighted by Crippen LogP contribution is 2.39. The first-order valence-electron chi connectivity index (χ1n) is 11.7. The number of hydrogen-bond acceptors (Lipinski definition) is 6. The van der Waals surface area contributed by atoms with Crippen molar-refractivity contribution >= 4 is 30.8 Å². The summed E-state index contributed by atoms with van der Waals surface area (Å²) in [6.45, 7) is 3.12. The van der Waals surface area contributed by atoms with E-state index in [4.69, 9.17) is 14.2 Å². The van der Waals surface area contributed by atoms with Gasteiger partial charge in [0.15, 0.2) is 0 Å². The van der Waals surface area contributed by atoms with Crippen LogP contribution < -0.4 is 19.5 Å². The molecule has 2 amide bonds. The first kappa shape index (κ1) is 24.7. The Hall–Kier alpha value is -3.39. The van der Waals surface area contributed by atoms with Crippen LogP contribution >= 0.6 is 11.8 Å². The van der Waals surface area contributed by atoms with Gasteiger partial charge < -0.3 is 14.2 Å². The molecule has 4 rings (SSSR count). The van der Waals surface area contributed by atoms with Crippen LogP contribution in [-0.4, -0.2) is 32.2 Å². The summed E-state index contributed by atoms with van der Waals surface area (Å²) in [4.78, 5) is 23.9. The largest absolute Gasteiger partial charge is 0.493 e. The molecule has 1 atom stereocenters. The Bertz CT molecular complexity index is 1190. The molecular weight excluding hydrogens is 461 g/mol. The lowest BCUT2D eigenvalue weighted by molar-refractivity contribution is -0.120. The second-order valence-corrected chi connectivity index (χ2v) is 9.78. The van der Waals surface area contributed by atoms with Crippen LogP contribution in [0, 0.1) is 0 Å². The summed E-state index contributed by atoms with van der Waals surface area (Å²) in [7, 11) is 1.74. The van der Waals surface area contributed by atoms with Crippen LogP contribution in [0.25, 0.3) is 0 Å². The van der Waals surface area contributed by atoms with Crippen molar-refractivity contribution in [1.82, 2.24) is 5.32 Å². The van der Waals surface area contributed by atoms with Crippen LogP contribution in [0.4, 0.5) is 4.79 Å². The Labute approximate surface area is 210 Å². The Morgan fingerprint density at radius 2 is 1.66 bits per heavy atom. The van der Waals surface area contributed by atoms with Gasteiger partial charge in [-0.25, -0.2) is 0 Å². The zero-order valence-electron chi connectivity index (χ0n) is 19.9. The van der Waals surface area contributed by atoms with Gasteiger partial charge in [0.1, 0.15) is 30.8 Å². The smallest absolute Gasteiger partial charge is 0.286 e. The topological polar surface area (TPSA) is 73.9 Å². The van der Waals surface area contributed by atoms with Gasteiger partial charge in [-0.05, 0) is 60.0 Å². The van der Waals surface area contributed by atoms with E-state index in [1.54, 1.807) is 7.85 Å². The minimum Gasteiger partial charge on any atom is -0.493 e. The lowest BCUT2D eigenvalue weighted by Gasteiger charge is -2.20. The predicted octanol–water partition coefficient (Wildman–Crippen LogP) is 5.05. The number of ether oxygens (including phenoxy) is 3. The standard InChI is InChI=1S/C27H28BNO5S/c1-2-8-19-17-23(34-21-10-4-3-5-11-21)13-14-24(19)33-16-7-15-32-22-12-6-9-20(18-22)27(28)25(30)29-26(31)35-27/h3-6,9-14,17-18H,2,7-8,15-16,28H2,1H3,(H,29,30,31)/t27-/m0/s1. The number of carbonyl (C=O) groups excluding carboxylic acids is 2. The van der Waals surface area contributed by atoms with Crippen molar-refractivity contribution in [1.29, 1.82) is 0 Å². The number of imide groups is 1. The summed E-state index contributed by atoms with van der Waals surface area (Å²) in [6.07, 6.45) is 2.60. The van der Waals surface area contributed by atoms with Crippen LogP contribution in [0.15, 0.2) is 72.8 Å². The number of carbonyl (C=O) groups is 2. The molecule has 0 saturated carbocycles. The molecule has 3 aromatic rings. The maximum atomic E-state index is 12.2. The summed E-state index contributed by atoms with van der Waals surface area (Å²) in [5.41, 5.74) is 1.85. The van der Waals surface area contributed by atoms with Crippen molar-refractivity contribution in [2.75, 3.05) is 13.2 Å². The van der Waals surface area contributed by atoms with Gasteiger partial charge in [-0.3, -0.25) is 14.9 Å². The Morgan fingerprint density at radius 3 is 2.40 bits per heavy atom. The molecule has 1 saturated heterocycles. The Balaban J connectivity index is 1.30. The molecule has 0 unspecified atom stereocenters. The zero-order chi connectivity index (χ0) is 24.7. The first-order chi connectivity index (χ1) is 17.0. The van der Waals surface area contributed by atoms with E-state index >= 15 is 0 Å². The molecule has 6 nitrogen and oxygen atoms in total. The second kappa shape index (κ2) is 11.4. The van der Waals surface area contributed by atoms with Gasteiger partial charge in [-0.2, -0.15) is 0 Å². The van der Waals surface area contributed by atoms with Gasteiger partial charge in [0.05, 0.1) is 17.9 Å². The van der Waals surface area contributed by atoms with Crippen LogP contribution in [0.5, 0.6) is 23.0 Å². The Morgan fingerprint density at radius 1 is 0.886 bits per heavy atom. The highest BCUT2D eigenvalue weighted by atomic mass is 32.2.